The van der Waals surface area contributed by atoms with Crippen molar-refractivity contribution >= 4 is 11.6 Å². The van der Waals surface area contributed by atoms with Crippen LogP contribution in [-0.4, -0.2) is 21.3 Å². The summed E-state index contributed by atoms with van der Waals surface area (Å²) < 4.78 is 16.1. The lowest BCUT2D eigenvalue weighted by atomic mass is 10.0. The Labute approximate surface area is 130 Å². The van der Waals surface area contributed by atoms with Crippen molar-refractivity contribution < 1.29 is 14.2 Å². The van der Waals surface area contributed by atoms with Crippen LogP contribution in [-0.2, 0) is 6.42 Å². The zero-order valence-electron chi connectivity index (χ0n) is 12.4. The molecule has 1 atom stereocenters. The molecule has 0 heterocycles. The van der Waals surface area contributed by atoms with E-state index in [0.717, 1.165) is 16.9 Å². The van der Waals surface area contributed by atoms with Crippen molar-refractivity contribution in [3.8, 4) is 17.2 Å². The predicted molar refractivity (Wildman–Crippen MR) is 84.8 cm³/mol. The summed E-state index contributed by atoms with van der Waals surface area (Å²) in [6, 6.07) is 13.6. The van der Waals surface area contributed by atoms with E-state index in [9.17, 15) is 0 Å². The first kappa shape index (κ1) is 15.5. The molecule has 2 rings (SSSR count). The van der Waals surface area contributed by atoms with Gasteiger partial charge in [0.15, 0.2) is 11.5 Å². The number of rotatable bonds is 6. The third kappa shape index (κ3) is 3.42. The van der Waals surface area contributed by atoms with E-state index in [-0.39, 0.29) is 5.38 Å². The average molecular weight is 307 g/mol. The van der Waals surface area contributed by atoms with Gasteiger partial charge in [0.25, 0.3) is 0 Å². The molecule has 0 N–H and O–H groups in total. The highest BCUT2D eigenvalue weighted by Gasteiger charge is 2.18. The Morgan fingerprint density at radius 2 is 1.52 bits per heavy atom. The van der Waals surface area contributed by atoms with E-state index in [2.05, 4.69) is 0 Å². The van der Waals surface area contributed by atoms with Crippen LogP contribution in [0.5, 0.6) is 17.2 Å². The summed E-state index contributed by atoms with van der Waals surface area (Å²) in [5.74, 6) is 2.19. The molecular formula is C17H19ClO3. The summed E-state index contributed by atoms with van der Waals surface area (Å²) in [4.78, 5) is 0. The van der Waals surface area contributed by atoms with Gasteiger partial charge in [0, 0.05) is 5.56 Å². The van der Waals surface area contributed by atoms with Crippen LogP contribution in [0.4, 0.5) is 0 Å². The van der Waals surface area contributed by atoms with Gasteiger partial charge in [0.1, 0.15) is 5.75 Å². The Morgan fingerprint density at radius 3 is 2.19 bits per heavy atom. The molecule has 112 valence electrons. The van der Waals surface area contributed by atoms with Gasteiger partial charge in [-0.25, -0.2) is 0 Å². The molecule has 21 heavy (non-hydrogen) atoms. The van der Waals surface area contributed by atoms with Gasteiger partial charge in [-0.1, -0.05) is 30.3 Å². The number of alkyl halides is 1. The minimum Gasteiger partial charge on any atom is -0.496 e. The molecule has 0 aromatic heterocycles. The van der Waals surface area contributed by atoms with Crippen molar-refractivity contribution in [2.75, 3.05) is 21.3 Å². The first-order chi connectivity index (χ1) is 10.2. The summed E-state index contributed by atoms with van der Waals surface area (Å²) in [5.41, 5.74) is 1.97. The lowest BCUT2D eigenvalue weighted by molar-refractivity contribution is 0.351. The Kier molecular flexibility index (Phi) is 5.34. The fourth-order valence-electron chi connectivity index (χ4n) is 2.33. The monoisotopic (exact) mass is 306 g/mol. The van der Waals surface area contributed by atoms with Gasteiger partial charge in [0.05, 0.1) is 26.7 Å². The number of benzene rings is 2. The maximum atomic E-state index is 6.59. The zero-order chi connectivity index (χ0) is 15.2. The Morgan fingerprint density at radius 1 is 0.857 bits per heavy atom. The highest BCUT2D eigenvalue weighted by molar-refractivity contribution is 6.21. The maximum absolute atomic E-state index is 6.59. The molecule has 2 aromatic carbocycles. The molecule has 0 fully saturated rings. The molecule has 0 aliphatic heterocycles. The smallest absolute Gasteiger partial charge is 0.165 e. The second kappa shape index (κ2) is 7.23. The summed E-state index contributed by atoms with van der Waals surface area (Å²) in [5, 5.41) is -0.230. The Balaban J connectivity index is 2.30. The Bertz CT molecular complexity index is 598. The second-order valence-corrected chi connectivity index (χ2v) is 5.09. The molecule has 3 nitrogen and oxygen atoms in total. The largest absolute Gasteiger partial charge is 0.496 e. The predicted octanol–water partition coefficient (Wildman–Crippen LogP) is 4.24. The van der Waals surface area contributed by atoms with Crippen molar-refractivity contribution in [2.45, 2.75) is 11.8 Å². The average Bonchev–Trinajstić information content (AvgIpc) is 2.54. The van der Waals surface area contributed by atoms with Crippen LogP contribution in [0.2, 0.25) is 0 Å². The molecule has 0 aliphatic carbocycles. The van der Waals surface area contributed by atoms with Crippen LogP contribution in [0.25, 0.3) is 0 Å². The van der Waals surface area contributed by atoms with Crippen molar-refractivity contribution in [1.29, 1.82) is 0 Å². The minimum atomic E-state index is -0.230. The SMILES string of the molecule is COc1ccccc1CC(Cl)c1cccc(OC)c1OC. The van der Waals surface area contributed by atoms with Crippen molar-refractivity contribution in [1.82, 2.24) is 0 Å². The topological polar surface area (TPSA) is 27.7 Å². The van der Waals surface area contributed by atoms with E-state index in [1.165, 1.54) is 0 Å². The Hall–Kier alpha value is -1.87. The number of hydrogen-bond donors (Lipinski definition) is 0. The third-order valence-electron chi connectivity index (χ3n) is 3.36. The van der Waals surface area contributed by atoms with Gasteiger partial charge in [-0.2, -0.15) is 0 Å². The number of hydrogen-bond acceptors (Lipinski definition) is 3. The zero-order valence-corrected chi connectivity index (χ0v) is 13.2. The number of halogens is 1. The summed E-state index contributed by atoms with van der Waals surface area (Å²) in [7, 11) is 4.90. The van der Waals surface area contributed by atoms with Crippen molar-refractivity contribution in [3.63, 3.8) is 0 Å². The highest BCUT2D eigenvalue weighted by Crippen LogP contribution is 2.39. The molecule has 0 saturated carbocycles. The standard InChI is InChI=1S/C17H19ClO3/c1-19-15-9-5-4-7-12(15)11-14(18)13-8-6-10-16(20-2)17(13)21-3/h4-10,14H,11H2,1-3H3. The van der Waals surface area contributed by atoms with E-state index >= 15 is 0 Å². The van der Waals surface area contributed by atoms with Crippen LogP contribution in [0.3, 0.4) is 0 Å². The maximum Gasteiger partial charge on any atom is 0.165 e. The quantitative estimate of drug-likeness (QED) is 0.747. The molecule has 2 aromatic rings. The van der Waals surface area contributed by atoms with Gasteiger partial charge < -0.3 is 14.2 Å². The number of methoxy groups -OCH3 is 3. The van der Waals surface area contributed by atoms with Gasteiger partial charge in [-0.3, -0.25) is 0 Å². The number of para-hydroxylation sites is 2. The first-order valence-corrected chi connectivity index (χ1v) is 7.11. The molecule has 0 amide bonds. The fraction of sp³-hybridized carbons (Fsp3) is 0.294. The summed E-state index contributed by atoms with van der Waals surface area (Å²) >= 11 is 6.59. The van der Waals surface area contributed by atoms with Crippen molar-refractivity contribution in [2.24, 2.45) is 0 Å². The third-order valence-corrected chi connectivity index (χ3v) is 3.75. The summed E-state index contributed by atoms with van der Waals surface area (Å²) in [6.07, 6.45) is 0.648. The van der Waals surface area contributed by atoms with Gasteiger partial charge in [-0.15, -0.1) is 11.6 Å². The van der Waals surface area contributed by atoms with E-state index in [1.54, 1.807) is 21.3 Å². The van der Waals surface area contributed by atoms with E-state index in [0.29, 0.717) is 17.9 Å². The molecule has 4 heteroatoms. The van der Waals surface area contributed by atoms with Crippen LogP contribution in [0.15, 0.2) is 42.5 Å². The number of ether oxygens (including phenoxy) is 3. The summed E-state index contributed by atoms with van der Waals surface area (Å²) in [6.45, 7) is 0. The molecule has 0 radical (unpaired) electrons. The highest BCUT2D eigenvalue weighted by atomic mass is 35.5. The molecule has 0 aliphatic rings. The van der Waals surface area contributed by atoms with E-state index in [1.807, 2.05) is 42.5 Å². The van der Waals surface area contributed by atoms with Crippen LogP contribution < -0.4 is 14.2 Å². The minimum absolute atomic E-state index is 0.230. The van der Waals surface area contributed by atoms with Crippen molar-refractivity contribution in [3.05, 3.63) is 53.6 Å². The fourth-order valence-corrected chi connectivity index (χ4v) is 2.67. The molecule has 0 saturated heterocycles. The lowest BCUT2D eigenvalue weighted by Gasteiger charge is -2.17. The first-order valence-electron chi connectivity index (χ1n) is 6.68. The van der Waals surface area contributed by atoms with E-state index < -0.39 is 0 Å². The molecule has 0 bridgehead atoms. The van der Waals surface area contributed by atoms with E-state index in [4.69, 9.17) is 25.8 Å². The van der Waals surface area contributed by atoms with Crippen LogP contribution >= 0.6 is 11.6 Å². The van der Waals surface area contributed by atoms with Gasteiger partial charge in [0.2, 0.25) is 0 Å². The molecule has 1 unspecified atom stereocenters. The molecule has 0 spiro atoms. The van der Waals surface area contributed by atoms with Gasteiger partial charge in [-0.05, 0) is 24.1 Å². The van der Waals surface area contributed by atoms with Gasteiger partial charge >= 0.3 is 0 Å². The lowest BCUT2D eigenvalue weighted by Crippen LogP contribution is -2.02. The van der Waals surface area contributed by atoms with Crippen LogP contribution in [0, 0.1) is 0 Å². The normalized spacial score (nSPS) is 11.8. The van der Waals surface area contributed by atoms with Crippen LogP contribution in [0.1, 0.15) is 16.5 Å². The molecular weight excluding hydrogens is 288 g/mol. The second-order valence-electron chi connectivity index (χ2n) is 4.57.